The van der Waals surface area contributed by atoms with Crippen molar-refractivity contribution >= 4 is 39.7 Å². The molecule has 0 spiro atoms. The monoisotopic (exact) mass is 299 g/mol. The zero-order chi connectivity index (χ0) is 14.0. The number of anilines is 2. The van der Waals surface area contributed by atoms with Crippen LogP contribution in [0.2, 0.25) is 0 Å². The van der Waals surface area contributed by atoms with Crippen LogP contribution in [-0.2, 0) is 0 Å². The molecule has 1 saturated carbocycles. The Bertz CT molecular complexity index is 473. The van der Waals surface area contributed by atoms with Crippen LogP contribution in [0, 0.1) is 5.92 Å². The maximum Gasteiger partial charge on any atom is 0.263 e. The molecule has 0 bridgehead atoms. The lowest BCUT2D eigenvalue weighted by molar-refractivity contribution is 0.0968. The van der Waals surface area contributed by atoms with Crippen LogP contribution in [0.4, 0.5) is 10.7 Å². The van der Waals surface area contributed by atoms with Crippen molar-refractivity contribution in [2.24, 2.45) is 5.92 Å². The van der Waals surface area contributed by atoms with Crippen LogP contribution in [0.5, 0.6) is 0 Å². The van der Waals surface area contributed by atoms with Crippen molar-refractivity contribution in [1.29, 1.82) is 0 Å². The molecule has 0 aliphatic heterocycles. The molecule has 1 amide bonds. The molecule has 0 saturated heterocycles. The predicted octanol–water partition coefficient (Wildman–Crippen LogP) is 3.01. The minimum atomic E-state index is -0.105. The minimum absolute atomic E-state index is 0.105. The SMILES string of the molecule is CCCC1CC1Nc1sc(C(=O)NC)c(N)c1SC. The second kappa shape index (κ2) is 6.05. The fourth-order valence-corrected chi connectivity index (χ4v) is 4.32. The Morgan fingerprint density at radius 2 is 2.32 bits per heavy atom. The molecular formula is C13H21N3OS2. The van der Waals surface area contributed by atoms with E-state index in [0.717, 1.165) is 15.8 Å². The maximum atomic E-state index is 11.8. The van der Waals surface area contributed by atoms with Gasteiger partial charge < -0.3 is 16.4 Å². The van der Waals surface area contributed by atoms with E-state index >= 15 is 0 Å². The standard InChI is InChI=1S/C13H21N3OS2/c1-4-5-7-6-8(7)16-13-11(18-3)9(14)10(19-13)12(17)15-2/h7-8,16H,4-6,14H2,1-3H3,(H,15,17). The van der Waals surface area contributed by atoms with Gasteiger partial charge in [0.15, 0.2) is 0 Å². The Morgan fingerprint density at radius 1 is 1.58 bits per heavy atom. The lowest BCUT2D eigenvalue weighted by Crippen LogP contribution is -2.17. The summed E-state index contributed by atoms with van der Waals surface area (Å²) in [6.45, 7) is 2.22. The number of nitrogens with one attached hydrogen (secondary N) is 2. The molecule has 0 radical (unpaired) electrons. The Kier molecular flexibility index (Phi) is 4.62. The van der Waals surface area contributed by atoms with E-state index < -0.39 is 0 Å². The van der Waals surface area contributed by atoms with Gasteiger partial charge in [-0.3, -0.25) is 4.79 Å². The lowest BCUT2D eigenvalue weighted by atomic mass is 10.2. The molecule has 1 aromatic rings. The zero-order valence-corrected chi connectivity index (χ0v) is 13.2. The van der Waals surface area contributed by atoms with E-state index in [0.29, 0.717) is 16.6 Å². The fraction of sp³-hybridized carbons (Fsp3) is 0.615. The average Bonchev–Trinajstić information content (AvgIpc) is 3.04. The molecule has 1 aromatic heterocycles. The van der Waals surface area contributed by atoms with E-state index in [4.69, 9.17) is 5.73 Å². The molecule has 1 heterocycles. The number of nitrogens with two attached hydrogens (primary N) is 1. The van der Waals surface area contributed by atoms with Crippen molar-refractivity contribution in [2.45, 2.75) is 37.1 Å². The number of thiophene rings is 1. The van der Waals surface area contributed by atoms with E-state index in [-0.39, 0.29) is 5.91 Å². The Hall–Kier alpha value is -0.880. The van der Waals surface area contributed by atoms with Crippen LogP contribution in [0.25, 0.3) is 0 Å². The number of rotatable bonds is 6. The van der Waals surface area contributed by atoms with Gasteiger partial charge in [-0.1, -0.05) is 13.3 Å². The van der Waals surface area contributed by atoms with Crippen molar-refractivity contribution in [3.8, 4) is 0 Å². The van der Waals surface area contributed by atoms with Crippen LogP contribution in [0.15, 0.2) is 4.90 Å². The summed E-state index contributed by atoms with van der Waals surface area (Å²) in [5.74, 6) is 0.679. The number of carbonyl (C=O) groups is 1. The third-order valence-electron chi connectivity index (χ3n) is 3.44. The predicted molar refractivity (Wildman–Crippen MR) is 84.3 cm³/mol. The van der Waals surface area contributed by atoms with Gasteiger partial charge in [-0.25, -0.2) is 0 Å². The first-order valence-corrected chi connectivity index (χ1v) is 8.61. The quantitative estimate of drug-likeness (QED) is 0.706. The molecule has 1 aliphatic rings. The lowest BCUT2D eigenvalue weighted by Gasteiger charge is -2.05. The smallest absolute Gasteiger partial charge is 0.263 e. The highest BCUT2D eigenvalue weighted by Gasteiger charge is 2.37. The van der Waals surface area contributed by atoms with Gasteiger partial charge in [0.2, 0.25) is 0 Å². The second-order valence-electron chi connectivity index (χ2n) is 4.82. The maximum absolute atomic E-state index is 11.8. The van der Waals surface area contributed by atoms with Gasteiger partial charge in [-0.05, 0) is 25.0 Å². The van der Waals surface area contributed by atoms with Crippen molar-refractivity contribution < 1.29 is 4.79 Å². The van der Waals surface area contributed by atoms with Gasteiger partial charge in [-0.2, -0.15) is 0 Å². The van der Waals surface area contributed by atoms with Gasteiger partial charge in [0.1, 0.15) is 9.88 Å². The summed E-state index contributed by atoms with van der Waals surface area (Å²) in [7, 11) is 1.63. The van der Waals surface area contributed by atoms with Crippen molar-refractivity contribution in [1.82, 2.24) is 5.32 Å². The van der Waals surface area contributed by atoms with Crippen molar-refractivity contribution in [3.63, 3.8) is 0 Å². The number of thioether (sulfide) groups is 1. The molecule has 0 aromatic carbocycles. The molecule has 2 rings (SSSR count). The van der Waals surface area contributed by atoms with E-state index in [9.17, 15) is 4.79 Å². The third-order valence-corrected chi connectivity index (χ3v) is 5.53. The summed E-state index contributed by atoms with van der Waals surface area (Å²) in [4.78, 5) is 13.4. The van der Waals surface area contributed by atoms with E-state index in [2.05, 4.69) is 17.6 Å². The topological polar surface area (TPSA) is 67.2 Å². The highest BCUT2D eigenvalue weighted by atomic mass is 32.2. The molecule has 2 unspecified atom stereocenters. The first-order valence-electron chi connectivity index (χ1n) is 6.57. The number of hydrogen-bond donors (Lipinski definition) is 3. The highest BCUT2D eigenvalue weighted by Crippen LogP contribution is 2.45. The van der Waals surface area contributed by atoms with Crippen molar-refractivity contribution in [3.05, 3.63) is 4.88 Å². The Balaban J connectivity index is 2.14. The first-order chi connectivity index (χ1) is 9.12. The Morgan fingerprint density at radius 3 is 2.89 bits per heavy atom. The number of amides is 1. The van der Waals surface area contributed by atoms with Gasteiger partial charge in [-0.15, -0.1) is 23.1 Å². The van der Waals surface area contributed by atoms with Gasteiger partial charge in [0, 0.05) is 13.1 Å². The molecular weight excluding hydrogens is 278 g/mol. The Labute approximate surface area is 122 Å². The van der Waals surface area contributed by atoms with E-state index in [1.807, 2.05) is 6.26 Å². The number of nitrogen functional groups attached to an aromatic ring is 1. The summed E-state index contributed by atoms with van der Waals surface area (Å²) < 4.78 is 0. The largest absolute Gasteiger partial charge is 0.396 e. The summed E-state index contributed by atoms with van der Waals surface area (Å²) in [6, 6.07) is 0.557. The second-order valence-corrected chi connectivity index (χ2v) is 6.66. The molecule has 4 nitrogen and oxygen atoms in total. The van der Waals surface area contributed by atoms with Gasteiger partial charge in [0.05, 0.1) is 10.6 Å². The summed E-state index contributed by atoms with van der Waals surface area (Å²) in [5, 5.41) is 7.24. The molecule has 2 atom stereocenters. The molecule has 1 aliphatic carbocycles. The number of carbonyl (C=O) groups excluding carboxylic acids is 1. The van der Waals surface area contributed by atoms with Crippen LogP contribution < -0.4 is 16.4 Å². The van der Waals surface area contributed by atoms with Crippen LogP contribution in [0.1, 0.15) is 35.9 Å². The third kappa shape index (κ3) is 3.00. The normalized spacial score (nSPS) is 21.2. The van der Waals surface area contributed by atoms with E-state index in [1.165, 1.54) is 30.6 Å². The summed E-state index contributed by atoms with van der Waals surface area (Å²) >= 11 is 3.06. The molecule has 6 heteroatoms. The van der Waals surface area contributed by atoms with Crippen LogP contribution in [0.3, 0.4) is 0 Å². The zero-order valence-electron chi connectivity index (χ0n) is 11.6. The van der Waals surface area contributed by atoms with Crippen LogP contribution in [-0.4, -0.2) is 25.3 Å². The highest BCUT2D eigenvalue weighted by molar-refractivity contribution is 7.99. The summed E-state index contributed by atoms with van der Waals surface area (Å²) in [6.07, 6.45) is 5.73. The van der Waals surface area contributed by atoms with Crippen molar-refractivity contribution in [2.75, 3.05) is 24.4 Å². The molecule has 4 N–H and O–H groups in total. The average molecular weight is 299 g/mol. The first kappa shape index (κ1) is 14.5. The van der Waals surface area contributed by atoms with Crippen LogP contribution >= 0.6 is 23.1 Å². The molecule has 106 valence electrons. The molecule has 1 fully saturated rings. The van der Waals surface area contributed by atoms with Gasteiger partial charge in [0.25, 0.3) is 5.91 Å². The van der Waals surface area contributed by atoms with E-state index in [1.54, 1.807) is 18.8 Å². The fourth-order valence-electron chi connectivity index (χ4n) is 2.29. The summed E-state index contributed by atoms with van der Waals surface area (Å²) in [5.41, 5.74) is 6.67. The van der Waals surface area contributed by atoms with Gasteiger partial charge >= 0.3 is 0 Å². The molecule has 19 heavy (non-hydrogen) atoms. The number of hydrogen-bond acceptors (Lipinski definition) is 5. The minimum Gasteiger partial charge on any atom is -0.396 e.